The number of nitrogens with zero attached hydrogens (tertiary/aromatic N) is 3. The van der Waals surface area contributed by atoms with Gasteiger partial charge in [-0.25, -0.2) is 4.98 Å². The number of hydrogen-bond donors (Lipinski definition) is 2. The van der Waals surface area contributed by atoms with Crippen molar-refractivity contribution >= 4 is 17.5 Å². The van der Waals surface area contributed by atoms with E-state index in [1.807, 2.05) is 12.1 Å². The average molecular weight is 438 g/mol. The van der Waals surface area contributed by atoms with Gasteiger partial charge in [0.1, 0.15) is 11.5 Å². The maximum atomic E-state index is 13.1. The molecule has 0 unspecified atom stereocenters. The molecular formula is C22H16ClN3O5. The highest BCUT2D eigenvalue weighted by Crippen LogP contribution is 2.40. The van der Waals surface area contributed by atoms with Gasteiger partial charge in [-0.3, -0.25) is 4.79 Å². The van der Waals surface area contributed by atoms with Crippen molar-refractivity contribution < 1.29 is 23.9 Å². The molecule has 0 atom stereocenters. The maximum absolute atomic E-state index is 13.1. The van der Waals surface area contributed by atoms with E-state index < -0.39 is 0 Å². The number of fused-ring (bicyclic) bond motifs is 1. The van der Waals surface area contributed by atoms with Crippen molar-refractivity contribution in [2.45, 2.75) is 13.0 Å². The lowest BCUT2D eigenvalue weighted by atomic mass is 10.00. The van der Waals surface area contributed by atoms with E-state index in [2.05, 4.69) is 10.1 Å². The van der Waals surface area contributed by atoms with Crippen molar-refractivity contribution in [2.75, 3.05) is 6.54 Å². The maximum Gasteiger partial charge on any atom is 0.254 e. The summed E-state index contributed by atoms with van der Waals surface area (Å²) in [6.45, 7) is 0.763. The Labute approximate surface area is 181 Å². The molecule has 8 nitrogen and oxygen atoms in total. The third kappa shape index (κ3) is 3.40. The summed E-state index contributed by atoms with van der Waals surface area (Å²) in [5.74, 6) is 0.403. The van der Waals surface area contributed by atoms with Crippen LogP contribution in [0.25, 0.3) is 22.6 Å². The van der Waals surface area contributed by atoms with Crippen LogP contribution in [0.15, 0.2) is 57.9 Å². The number of halogens is 1. The number of amides is 1. The zero-order valence-corrected chi connectivity index (χ0v) is 16.8. The number of phenolic OH excluding ortho intramolecular Hbond substituents is 2. The number of carbonyl (C=O) groups excluding carboxylic acids is 1. The average Bonchev–Trinajstić information content (AvgIpc) is 3.46. The molecule has 156 valence electrons. The minimum atomic E-state index is -0.234. The number of carbonyl (C=O) groups is 1. The third-order valence-electron chi connectivity index (χ3n) is 5.28. The lowest BCUT2D eigenvalue weighted by Gasteiger charge is -2.26. The monoisotopic (exact) mass is 437 g/mol. The smallest absolute Gasteiger partial charge is 0.254 e. The number of aromatic hydroxyl groups is 2. The molecule has 2 aromatic carbocycles. The predicted octanol–water partition coefficient (Wildman–Crippen LogP) is 4.26. The summed E-state index contributed by atoms with van der Waals surface area (Å²) in [5, 5.41) is 24.1. The van der Waals surface area contributed by atoms with E-state index in [-0.39, 0.29) is 29.0 Å². The van der Waals surface area contributed by atoms with Gasteiger partial charge >= 0.3 is 0 Å². The quantitative estimate of drug-likeness (QED) is 0.492. The Bertz CT molecular complexity index is 1270. The fourth-order valence-electron chi connectivity index (χ4n) is 3.65. The SMILES string of the molecule is O=C(c1ccc(-c2cnco2)cc1)N1CCc2noc(-c3cc(Cl)c(O)cc3O)c2C1. The van der Waals surface area contributed by atoms with Gasteiger partial charge < -0.3 is 24.1 Å². The Balaban J connectivity index is 1.41. The molecule has 0 aliphatic carbocycles. The molecule has 0 bridgehead atoms. The molecule has 4 aromatic rings. The second kappa shape index (κ2) is 7.48. The van der Waals surface area contributed by atoms with Crippen LogP contribution >= 0.6 is 11.6 Å². The van der Waals surface area contributed by atoms with Gasteiger partial charge in [0.25, 0.3) is 5.91 Å². The Kier molecular flexibility index (Phi) is 4.63. The number of phenols is 2. The van der Waals surface area contributed by atoms with Crippen LogP contribution < -0.4 is 0 Å². The zero-order chi connectivity index (χ0) is 21.5. The van der Waals surface area contributed by atoms with E-state index in [0.29, 0.717) is 41.2 Å². The van der Waals surface area contributed by atoms with Gasteiger partial charge in [-0.05, 0) is 18.2 Å². The van der Waals surface area contributed by atoms with Gasteiger partial charge in [-0.1, -0.05) is 28.9 Å². The highest BCUT2D eigenvalue weighted by molar-refractivity contribution is 6.32. The Morgan fingerprint density at radius 2 is 1.94 bits per heavy atom. The molecule has 2 aromatic heterocycles. The number of oxazole rings is 1. The predicted molar refractivity (Wildman–Crippen MR) is 111 cm³/mol. The Morgan fingerprint density at radius 1 is 1.13 bits per heavy atom. The molecule has 31 heavy (non-hydrogen) atoms. The Morgan fingerprint density at radius 3 is 2.68 bits per heavy atom. The molecule has 0 fully saturated rings. The number of aromatic nitrogens is 2. The standard InChI is InChI=1S/C22H16ClN3O5/c23-16-7-14(18(27)8-19(16)28)21-15-10-26(6-5-17(15)25-31-21)22(29)13-3-1-12(2-4-13)20-9-24-11-30-20/h1-4,7-9,11,27-28H,5-6,10H2. The van der Waals surface area contributed by atoms with Crippen LogP contribution in [0.4, 0.5) is 0 Å². The second-order valence-electron chi connectivity index (χ2n) is 7.18. The number of benzene rings is 2. The van der Waals surface area contributed by atoms with Crippen LogP contribution in [-0.2, 0) is 13.0 Å². The molecule has 0 radical (unpaired) electrons. The van der Waals surface area contributed by atoms with Crippen molar-refractivity contribution in [2.24, 2.45) is 0 Å². The molecule has 9 heteroatoms. The second-order valence-corrected chi connectivity index (χ2v) is 7.58. The van der Waals surface area contributed by atoms with Gasteiger partial charge in [0.05, 0.1) is 29.0 Å². The molecule has 0 spiro atoms. The van der Waals surface area contributed by atoms with E-state index in [0.717, 1.165) is 17.3 Å². The van der Waals surface area contributed by atoms with Crippen LogP contribution in [0, 0.1) is 0 Å². The van der Waals surface area contributed by atoms with Gasteiger partial charge in [0.15, 0.2) is 17.9 Å². The molecule has 5 rings (SSSR count). The first-order valence-corrected chi connectivity index (χ1v) is 9.86. The van der Waals surface area contributed by atoms with E-state index in [1.165, 1.54) is 12.5 Å². The Hall–Kier alpha value is -3.78. The van der Waals surface area contributed by atoms with Crippen molar-refractivity contribution in [3.63, 3.8) is 0 Å². The summed E-state index contributed by atoms with van der Waals surface area (Å²) in [5.41, 5.74) is 3.11. The summed E-state index contributed by atoms with van der Waals surface area (Å²) in [7, 11) is 0. The van der Waals surface area contributed by atoms with Crippen molar-refractivity contribution in [3.05, 3.63) is 70.8 Å². The van der Waals surface area contributed by atoms with Gasteiger partial charge in [-0.15, -0.1) is 0 Å². The lowest BCUT2D eigenvalue weighted by molar-refractivity contribution is 0.0734. The van der Waals surface area contributed by atoms with E-state index in [1.54, 1.807) is 23.2 Å². The van der Waals surface area contributed by atoms with Gasteiger partial charge in [-0.2, -0.15) is 0 Å². The topological polar surface area (TPSA) is 113 Å². The molecule has 0 saturated carbocycles. The molecule has 0 saturated heterocycles. The molecule has 2 N–H and O–H groups in total. The van der Waals surface area contributed by atoms with Gasteiger partial charge in [0, 0.05) is 35.7 Å². The largest absolute Gasteiger partial charge is 0.507 e. The zero-order valence-electron chi connectivity index (χ0n) is 16.1. The number of hydrogen-bond acceptors (Lipinski definition) is 7. The normalized spacial score (nSPS) is 13.3. The third-order valence-corrected chi connectivity index (χ3v) is 5.59. The molecule has 3 heterocycles. The molecule has 1 amide bonds. The minimum absolute atomic E-state index is 0.0774. The lowest BCUT2D eigenvalue weighted by Crippen LogP contribution is -2.35. The summed E-state index contributed by atoms with van der Waals surface area (Å²) in [6.07, 6.45) is 3.49. The van der Waals surface area contributed by atoms with E-state index >= 15 is 0 Å². The summed E-state index contributed by atoms with van der Waals surface area (Å²) >= 11 is 6.00. The van der Waals surface area contributed by atoms with E-state index in [9.17, 15) is 15.0 Å². The minimum Gasteiger partial charge on any atom is -0.507 e. The van der Waals surface area contributed by atoms with Crippen LogP contribution in [0.3, 0.4) is 0 Å². The summed E-state index contributed by atoms with van der Waals surface area (Å²) in [6, 6.07) is 9.67. The van der Waals surface area contributed by atoms with Crippen LogP contribution in [0.5, 0.6) is 11.5 Å². The first-order chi connectivity index (χ1) is 15.0. The highest BCUT2D eigenvalue weighted by Gasteiger charge is 2.29. The molecule has 1 aliphatic heterocycles. The number of rotatable bonds is 3. The highest BCUT2D eigenvalue weighted by atomic mass is 35.5. The van der Waals surface area contributed by atoms with Crippen LogP contribution in [0.1, 0.15) is 21.6 Å². The van der Waals surface area contributed by atoms with Crippen molar-refractivity contribution in [3.8, 4) is 34.1 Å². The summed E-state index contributed by atoms with van der Waals surface area (Å²) < 4.78 is 10.7. The molecule has 1 aliphatic rings. The fourth-order valence-corrected chi connectivity index (χ4v) is 3.81. The first-order valence-electron chi connectivity index (χ1n) is 9.48. The van der Waals surface area contributed by atoms with Crippen molar-refractivity contribution in [1.82, 2.24) is 15.0 Å². The fraction of sp³-hybridized carbons (Fsp3) is 0.136. The van der Waals surface area contributed by atoms with Crippen LogP contribution in [0.2, 0.25) is 5.02 Å². The summed E-state index contributed by atoms with van der Waals surface area (Å²) in [4.78, 5) is 18.7. The van der Waals surface area contributed by atoms with Crippen molar-refractivity contribution in [1.29, 1.82) is 0 Å². The van der Waals surface area contributed by atoms with E-state index in [4.69, 9.17) is 20.5 Å². The van der Waals surface area contributed by atoms with Crippen LogP contribution in [-0.4, -0.2) is 37.7 Å². The first kappa shape index (κ1) is 19.2. The molecular weight excluding hydrogens is 422 g/mol. The van der Waals surface area contributed by atoms with Gasteiger partial charge in [0.2, 0.25) is 0 Å².